The lowest BCUT2D eigenvalue weighted by molar-refractivity contribution is -0.120. The average Bonchev–Trinajstić information content (AvgIpc) is 3.27. The second-order valence-electron chi connectivity index (χ2n) is 7.93. The molecule has 1 saturated carbocycles. The maximum atomic E-state index is 13.6. The predicted octanol–water partition coefficient (Wildman–Crippen LogP) is 4.18. The van der Waals surface area contributed by atoms with E-state index in [4.69, 9.17) is 4.74 Å². The summed E-state index contributed by atoms with van der Waals surface area (Å²) in [6.45, 7) is 3.92. The van der Waals surface area contributed by atoms with Crippen molar-refractivity contribution < 1.29 is 14.3 Å². The number of nitrogens with one attached hydrogen (secondary N) is 1. The van der Waals surface area contributed by atoms with E-state index in [2.05, 4.69) is 10.3 Å². The molecule has 0 spiro atoms. The van der Waals surface area contributed by atoms with Crippen molar-refractivity contribution in [3.05, 3.63) is 40.4 Å². The molecule has 154 valence electrons. The van der Waals surface area contributed by atoms with Gasteiger partial charge in [0.05, 0.1) is 18.4 Å². The molecule has 1 saturated heterocycles. The van der Waals surface area contributed by atoms with E-state index in [0.717, 1.165) is 36.3 Å². The normalized spacial score (nSPS) is 23.6. The number of hydrogen-bond acceptors (Lipinski definition) is 5. The molecule has 6 nitrogen and oxygen atoms in total. The van der Waals surface area contributed by atoms with Gasteiger partial charge in [0.25, 0.3) is 5.91 Å². The van der Waals surface area contributed by atoms with E-state index in [-0.39, 0.29) is 17.9 Å². The second kappa shape index (κ2) is 8.14. The molecule has 29 heavy (non-hydrogen) atoms. The van der Waals surface area contributed by atoms with E-state index in [1.54, 1.807) is 19.2 Å². The number of amides is 2. The molecule has 2 aliphatic rings. The predicted molar refractivity (Wildman–Crippen MR) is 114 cm³/mol. The topological polar surface area (TPSA) is 71.5 Å². The zero-order valence-electron chi connectivity index (χ0n) is 17.1. The summed E-state index contributed by atoms with van der Waals surface area (Å²) < 4.78 is 5.41. The summed E-state index contributed by atoms with van der Waals surface area (Å²) in [6, 6.07) is 6.87. The molecule has 1 aliphatic heterocycles. The van der Waals surface area contributed by atoms with Crippen molar-refractivity contribution in [2.45, 2.75) is 58.0 Å². The van der Waals surface area contributed by atoms with Crippen LogP contribution in [0.3, 0.4) is 0 Å². The van der Waals surface area contributed by atoms with Crippen LogP contribution in [0.2, 0.25) is 0 Å². The summed E-state index contributed by atoms with van der Waals surface area (Å²) >= 11 is 1.47. The SMILES string of the molecule is COc1ccccc1C(=O)N1[C@H](C(=O)Nc2nc(C)c(C)s2)C[C@@H]2CCCC[C@@H]21. The van der Waals surface area contributed by atoms with Crippen LogP contribution in [0.25, 0.3) is 0 Å². The highest BCUT2D eigenvalue weighted by Gasteiger charge is 2.48. The van der Waals surface area contributed by atoms with Gasteiger partial charge < -0.3 is 15.0 Å². The van der Waals surface area contributed by atoms with Crippen molar-refractivity contribution in [2.75, 3.05) is 12.4 Å². The molecule has 2 heterocycles. The minimum atomic E-state index is -0.481. The van der Waals surface area contributed by atoms with Crippen molar-refractivity contribution in [3.8, 4) is 5.75 Å². The Bertz CT molecular complexity index is 906. The number of benzene rings is 1. The molecular weight excluding hydrogens is 386 g/mol. The first-order valence-corrected chi connectivity index (χ1v) is 11.0. The van der Waals surface area contributed by atoms with Crippen LogP contribution in [0, 0.1) is 19.8 Å². The molecule has 1 N–H and O–H groups in total. The van der Waals surface area contributed by atoms with E-state index in [9.17, 15) is 9.59 Å². The number of ether oxygens (including phenoxy) is 1. The highest BCUT2D eigenvalue weighted by molar-refractivity contribution is 7.15. The van der Waals surface area contributed by atoms with Crippen molar-refractivity contribution in [2.24, 2.45) is 5.92 Å². The second-order valence-corrected chi connectivity index (χ2v) is 9.13. The van der Waals surface area contributed by atoms with Crippen LogP contribution in [0.1, 0.15) is 53.0 Å². The van der Waals surface area contributed by atoms with E-state index in [1.807, 2.05) is 30.9 Å². The lowest BCUT2D eigenvalue weighted by Crippen LogP contribution is -2.47. The zero-order valence-corrected chi connectivity index (χ0v) is 17.9. The Labute approximate surface area is 175 Å². The molecule has 0 unspecified atom stereocenters. The van der Waals surface area contributed by atoms with Gasteiger partial charge in [0.15, 0.2) is 5.13 Å². The number of likely N-dealkylation sites (tertiary alicyclic amines) is 1. The van der Waals surface area contributed by atoms with Crippen LogP contribution in [-0.2, 0) is 4.79 Å². The van der Waals surface area contributed by atoms with Crippen LogP contribution in [-0.4, -0.2) is 40.9 Å². The Morgan fingerprint density at radius 3 is 2.69 bits per heavy atom. The largest absolute Gasteiger partial charge is 0.496 e. The zero-order chi connectivity index (χ0) is 20.5. The molecular formula is C22H27N3O3S. The molecule has 7 heteroatoms. The lowest BCUT2D eigenvalue weighted by atomic mass is 9.84. The molecule has 1 aromatic heterocycles. The molecule has 1 aliphatic carbocycles. The number of fused-ring (bicyclic) bond motifs is 1. The third kappa shape index (κ3) is 3.75. The maximum absolute atomic E-state index is 13.6. The Morgan fingerprint density at radius 2 is 1.97 bits per heavy atom. The number of nitrogens with zero attached hydrogens (tertiary/aromatic N) is 2. The third-order valence-electron chi connectivity index (χ3n) is 6.22. The summed E-state index contributed by atoms with van der Waals surface area (Å²) in [7, 11) is 1.57. The number of thiazole rings is 1. The first-order chi connectivity index (χ1) is 14.0. The van der Waals surface area contributed by atoms with Gasteiger partial charge in [0.2, 0.25) is 5.91 Å². The van der Waals surface area contributed by atoms with E-state index in [1.165, 1.54) is 11.3 Å². The fourth-order valence-corrected chi connectivity index (χ4v) is 5.48. The Morgan fingerprint density at radius 1 is 1.21 bits per heavy atom. The van der Waals surface area contributed by atoms with Crippen LogP contribution < -0.4 is 10.1 Å². The number of hydrogen-bond donors (Lipinski definition) is 1. The molecule has 1 aromatic carbocycles. The molecule has 0 radical (unpaired) electrons. The number of aromatic nitrogens is 1. The van der Waals surface area contributed by atoms with Crippen molar-refractivity contribution in [1.29, 1.82) is 0 Å². The van der Waals surface area contributed by atoms with E-state index in [0.29, 0.717) is 28.8 Å². The number of para-hydroxylation sites is 1. The summed E-state index contributed by atoms with van der Waals surface area (Å²) in [5.74, 6) is 0.653. The van der Waals surface area contributed by atoms with Crippen LogP contribution in [0.4, 0.5) is 5.13 Å². The minimum absolute atomic E-state index is 0.108. The number of rotatable bonds is 4. The lowest BCUT2D eigenvalue weighted by Gasteiger charge is -2.33. The summed E-state index contributed by atoms with van der Waals surface area (Å²) in [6.07, 6.45) is 4.98. The van der Waals surface area contributed by atoms with Crippen LogP contribution >= 0.6 is 11.3 Å². The van der Waals surface area contributed by atoms with Crippen LogP contribution in [0.15, 0.2) is 24.3 Å². The molecule has 0 bridgehead atoms. The number of carbonyl (C=O) groups excluding carboxylic acids is 2. The summed E-state index contributed by atoms with van der Waals surface area (Å²) in [5.41, 5.74) is 1.44. The minimum Gasteiger partial charge on any atom is -0.496 e. The van der Waals surface area contributed by atoms with Gasteiger partial charge >= 0.3 is 0 Å². The number of carbonyl (C=O) groups is 2. The Kier molecular flexibility index (Phi) is 5.58. The van der Waals surface area contributed by atoms with E-state index < -0.39 is 6.04 Å². The number of aryl methyl sites for hydroxylation is 2. The van der Waals surface area contributed by atoms with Crippen molar-refractivity contribution in [1.82, 2.24) is 9.88 Å². The van der Waals surface area contributed by atoms with Gasteiger partial charge in [-0.1, -0.05) is 25.0 Å². The maximum Gasteiger partial charge on any atom is 0.258 e. The van der Waals surface area contributed by atoms with Gasteiger partial charge in [-0.15, -0.1) is 11.3 Å². The quantitative estimate of drug-likeness (QED) is 0.816. The number of anilines is 1. The van der Waals surface area contributed by atoms with Gasteiger partial charge in [-0.2, -0.15) is 0 Å². The van der Waals surface area contributed by atoms with E-state index >= 15 is 0 Å². The molecule has 2 aromatic rings. The van der Waals surface area contributed by atoms with Gasteiger partial charge in [0.1, 0.15) is 11.8 Å². The Hall–Kier alpha value is -2.41. The number of methoxy groups -OCH3 is 1. The van der Waals surface area contributed by atoms with Crippen molar-refractivity contribution >= 4 is 28.3 Å². The summed E-state index contributed by atoms with van der Waals surface area (Å²) in [5, 5.41) is 3.56. The monoisotopic (exact) mass is 413 g/mol. The van der Waals surface area contributed by atoms with Crippen LogP contribution in [0.5, 0.6) is 5.75 Å². The fourth-order valence-electron chi connectivity index (χ4n) is 4.66. The first kappa shape index (κ1) is 19.9. The smallest absolute Gasteiger partial charge is 0.258 e. The highest BCUT2D eigenvalue weighted by atomic mass is 32.1. The molecule has 2 fully saturated rings. The first-order valence-electron chi connectivity index (χ1n) is 10.2. The van der Waals surface area contributed by atoms with Gasteiger partial charge in [-0.05, 0) is 51.2 Å². The van der Waals surface area contributed by atoms with Gasteiger partial charge in [0, 0.05) is 10.9 Å². The molecule has 4 rings (SSSR count). The third-order valence-corrected chi connectivity index (χ3v) is 7.21. The highest BCUT2D eigenvalue weighted by Crippen LogP contribution is 2.41. The molecule has 3 atom stereocenters. The Balaban J connectivity index is 1.63. The fraction of sp³-hybridized carbons (Fsp3) is 0.500. The van der Waals surface area contributed by atoms with Crippen molar-refractivity contribution in [3.63, 3.8) is 0 Å². The average molecular weight is 414 g/mol. The van der Waals surface area contributed by atoms with Gasteiger partial charge in [-0.3, -0.25) is 9.59 Å². The molecule has 2 amide bonds. The van der Waals surface area contributed by atoms with Gasteiger partial charge in [-0.25, -0.2) is 4.98 Å². The summed E-state index contributed by atoms with van der Waals surface area (Å²) in [4.78, 5) is 34.1. The standard InChI is InChI=1S/C22H27N3O3S/c1-13-14(2)29-22(23-13)24-20(26)18-12-15-8-4-6-10-17(15)25(18)21(27)16-9-5-7-11-19(16)28-3/h5,7,9,11,15,17-18H,4,6,8,10,12H2,1-3H3,(H,23,24,26)/t15-,17-,18-/m0/s1.